The second-order valence-electron chi connectivity index (χ2n) is 5.51. The van der Waals surface area contributed by atoms with Crippen molar-refractivity contribution in [2.24, 2.45) is 0 Å². The molecule has 134 valence electrons. The van der Waals surface area contributed by atoms with Crippen LogP contribution in [0.25, 0.3) is 0 Å². The highest BCUT2D eigenvalue weighted by Crippen LogP contribution is 2.30. The minimum absolute atomic E-state index is 0.0379. The zero-order valence-electron chi connectivity index (χ0n) is 14.1. The Labute approximate surface area is 147 Å². The summed E-state index contributed by atoms with van der Waals surface area (Å²) in [5, 5.41) is 10.8. The van der Waals surface area contributed by atoms with E-state index < -0.39 is 14.9 Å². The van der Waals surface area contributed by atoms with Crippen molar-refractivity contribution in [2.75, 3.05) is 20.7 Å². The van der Waals surface area contributed by atoms with E-state index in [1.54, 1.807) is 0 Å². The van der Waals surface area contributed by atoms with E-state index >= 15 is 0 Å². The van der Waals surface area contributed by atoms with Crippen molar-refractivity contribution in [1.29, 1.82) is 0 Å². The van der Waals surface area contributed by atoms with Gasteiger partial charge in [0.1, 0.15) is 10.6 Å². The van der Waals surface area contributed by atoms with Crippen LogP contribution in [0.3, 0.4) is 0 Å². The standard InChI is InChI=1S/C17H20N2O5S/c1-18(12-6-9-14-7-4-3-5-8-14)25(22,23)17-11-10-15(19(20)21)13-16(17)24-2/h3-5,7-8,10-11,13H,6,9,12H2,1-2H3. The molecule has 0 saturated heterocycles. The molecule has 8 heteroatoms. The maximum absolute atomic E-state index is 12.7. The van der Waals surface area contributed by atoms with E-state index in [9.17, 15) is 18.5 Å². The van der Waals surface area contributed by atoms with Gasteiger partial charge in [-0.25, -0.2) is 12.7 Å². The Bertz CT molecular complexity index is 837. The quantitative estimate of drug-likeness (QED) is 0.531. The van der Waals surface area contributed by atoms with Crippen LogP contribution in [0.1, 0.15) is 12.0 Å². The van der Waals surface area contributed by atoms with E-state index in [0.29, 0.717) is 13.0 Å². The van der Waals surface area contributed by atoms with E-state index in [0.717, 1.165) is 24.1 Å². The molecular formula is C17H20N2O5S. The summed E-state index contributed by atoms with van der Waals surface area (Å²) in [5.41, 5.74) is 0.920. The van der Waals surface area contributed by atoms with Gasteiger partial charge in [0.25, 0.3) is 5.69 Å². The first-order chi connectivity index (χ1) is 11.9. The largest absolute Gasteiger partial charge is 0.495 e. The Morgan fingerprint density at radius 1 is 1.16 bits per heavy atom. The number of nitrogens with zero attached hydrogens (tertiary/aromatic N) is 2. The number of sulfonamides is 1. The van der Waals surface area contributed by atoms with Crippen LogP contribution >= 0.6 is 0 Å². The lowest BCUT2D eigenvalue weighted by atomic mass is 10.1. The molecule has 25 heavy (non-hydrogen) atoms. The van der Waals surface area contributed by atoms with Gasteiger partial charge in [0.15, 0.2) is 0 Å². The maximum atomic E-state index is 12.7. The monoisotopic (exact) mass is 364 g/mol. The molecule has 2 aromatic rings. The van der Waals surface area contributed by atoms with Gasteiger partial charge < -0.3 is 4.74 Å². The van der Waals surface area contributed by atoms with Crippen LogP contribution in [0.4, 0.5) is 5.69 Å². The number of hydrogen-bond donors (Lipinski definition) is 0. The van der Waals surface area contributed by atoms with Gasteiger partial charge in [-0.15, -0.1) is 0 Å². The Kier molecular flexibility index (Phi) is 6.11. The fraction of sp³-hybridized carbons (Fsp3) is 0.294. The van der Waals surface area contributed by atoms with E-state index in [1.165, 1.54) is 24.5 Å². The van der Waals surface area contributed by atoms with Gasteiger partial charge in [-0.3, -0.25) is 10.1 Å². The summed E-state index contributed by atoms with van der Waals surface area (Å²) in [6.45, 7) is 0.331. The first kappa shape index (κ1) is 18.9. The van der Waals surface area contributed by atoms with Crippen LogP contribution in [0, 0.1) is 10.1 Å². The molecule has 0 aliphatic heterocycles. The van der Waals surface area contributed by atoms with Crippen molar-refractivity contribution < 1.29 is 18.1 Å². The molecule has 0 heterocycles. The maximum Gasteiger partial charge on any atom is 0.273 e. The lowest BCUT2D eigenvalue weighted by molar-refractivity contribution is -0.385. The summed E-state index contributed by atoms with van der Waals surface area (Å²) in [4.78, 5) is 10.2. The molecule has 2 aromatic carbocycles. The van der Waals surface area contributed by atoms with E-state index in [-0.39, 0.29) is 16.3 Å². The molecule has 0 spiro atoms. The van der Waals surface area contributed by atoms with Crippen LogP contribution in [-0.2, 0) is 16.4 Å². The zero-order valence-corrected chi connectivity index (χ0v) is 14.9. The third-order valence-corrected chi connectivity index (χ3v) is 5.72. The predicted molar refractivity (Wildman–Crippen MR) is 94.2 cm³/mol. The molecule has 0 fully saturated rings. The molecule has 0 bridgehead atoms. The normalized spacial score (nSPS) is 11.5. The van der Waals surface area contributed by atoms with Crippen molar-refractivity contribution in [3.05, 3.63) is 64.2 Å². The van der Waals surface area contributed by atoms with E-state index in [2.05, 4.69) is 0 Å². The number of ether oxygens (including phenoxy) is 1. The fourth-order valence-electron chi connectivity index (χ4n) is 2.42. The Morgan fingerprint density at radius 3 is 2.44 bits per heavy atom. The number of methoxy groups -OCH3 is 1. The lowest BCUT2D eigenvalue weighted by Crippen LogP contribution is -2.28. The van der Waals surface area contributed by atoms with Crippen molar-refractivity contribution in [3.8, 4) is 5.75 Å². The summed E-state index contributed by atoms with van der Waals surface area (Å²) in [5.74, 6) is -0.0379. The van der Waals surface area contributed by atoms with Crippen LogP contribution in [0.2, 0.25) is 0 Å². The second kappa shape index (κ2) is 8.09. The van der Waals surface area contributed by atoms with Gasteiger partial charge >= 0.3 is 0 Å². The number of hydrogen-bond acceptors (Lipinski definition) is 5. The van der Waals surface area contributed by atoms with Gasteiger partial charge in [0.2, 0.25) is 10.0 Å². The second-order valence-corrected chi connectivity index (χ2v) is 7.52. The van der Waals surface area contributed by atoms with Gasteiger partial charge in [-0.05, 0) is 24.5 Å². The van der Waals surface area contributed by atoms with Gasteiger partial charge in [0, 0.05) is 19.7 Å². The number of aryl methyl sites for hydroxylation is 1. The number of rotatable bonds is 8. The third-order valence-electron chi connectivity index (χ3n) is 3.83. The molecule has 2 rings (SSSR count). The molecule has 0 saturated carbocycles. The molecule has 0 N–H and O–H groups in total. The minimum atomic E-state index is -3.79. The summed E-state index contributed by atoms with van der Waals surface area (Å²) in [6.07, 6.45) is 1.42. The van der Waals surface area contributed by atoms with Crippen LogP contribution in [0.5, 0.6) is 5.75 Å². The van der Waals surface area contributed by atoms with Crippen molar-refractivity contribution in [1.82, 2.24) is 4.31 Å². The summed E-state index contributed by atoms with van der Waals surface area (Å²) < 4.78 is 31.7. The van der Waals surface area contributed by atoms with Gasteiger partial charge in [-0.2, -0.15) is 0 Å². The van der Waals surface area contributed by atoms with Crippen LogP contribution in [-0.4, -0.2) is 38.3 Å². The molecule has 0 aliphatic rings. The van der Waals surface area contributed by atoms with Crippen molar-refractivity contribution >= 4 is 15.7 Å². The summed E-state index contributed by atoms with van der Waals surface area (Å²) >= 11 is 0. The highest BCUT2D eigenvalue weighted by atomic mass is 32.2. The number of nitro benzene ring substituents is 1. The lowest BCUT2D eigenvalue weighted by Gasteiger charge is -2.18. The molecule has 0 aliphatic carbocycles. The summed E-state index contributed by atoms with van der Waals surface area (Å²) in [6, 6.07) is 13.3. The average Bonchev–Trinajstić information content (AvgIpc) is 2.61. The van der Waals surface area contributed by atoms with Gasteiger partial charge in [-0.1, -0.05) is 30.3 Å². The first-order valence-corrected chi connectivity index (χ1v) is 9.13. The third kappa shape index (κ3) is 4.55. The smallest absolute Gasteiger partial charge is 0.273 e. The highest BCUT2D eigenvalue weighted by molar-refractivity contribution is 7.89. The number of non-ortho nitro benzene ring substituents is 1. The minimum Gasteiger partial charge on any atom is -0.495 e. The van der Waals surface area contributed by atoms with Crippen molar-refractivity contribution in [3.63, 3.8) is 0 Å². The zero-order chi connectivity index (χ0) is 18.4. The summed E-state index contributed by atoms with van der Waals surface area (Å²) in [7, 11) is -1.02. The molecule has 0 atom stereocenters. The van der Waals surface area contributed by atoms with Gasteiger partial charge in [0.05, 0.1) is 18.1 Å². The van der Waals surface area contributed by atoms with Crippen molar-refractivity contribution in [2.45, 2.75) is 17.7 Å². The Hall–Kier alpha value is -2.45. The molecular weight excluding hydrogens is 344 g/mol. The fourth-order valence-corrected chi connectivity index (χ4v) is 3.76. The average molecular weight is 364 g/mol. The SMILES string of the molecule is COc1cc([N+](=O)[O-])ccc1S(=O)(=O)N(C)CCCc1ccccc1. The first-order valence-electron chi connectivity index (χ1n) is 7.69. The Morgan fingerprint density at radius 2 is 1.84 bits per heavy atom. The van der Waals surface area contributed by atoms with Crippen LogP contribution < -0.4 is 4.74 Å². The van der Waals surface area contributed by atoms with E-state index in [4.69, 9.17) is 4.74 Å². The molecule has 0 radical (unpaired) electrons. The topological polar surface area (TPSA) is 89.7 Å². The highest BCUT2D eigenvalue weighted by Gasteiger charge is 2.26. The number of benzene rings is 2. The van der Waals surface area contributed by atoms with Crippen LogP contribution in [0.15, 0.2) is 53.4 Å². The Balaban J connectivity index is 2.12. The van der Waals surface area contributed by atoms with E-state index in [1.807, 2.05) is 30.3 Å². The molecule has 7 nitrogen and oxygen atoms in total. The molecule has 0 unspecified atom stereocenters. The predicted octanol–water partition coefficient (Wildman–Crippen LogP) is 2.86. The molecule has 0 amide bonds. The molecule has 0 aromatic heterocycles. The number of nitro groups is 1.